The van der Waals surface area contributed by atoms with Crippen LogP contribution in [-0.2, 0) is 6.54 Å². The number of hydrogen-bond donors (Lipinski definition) is 3. The Morgan fingerprint density at radius 3 is 2.61 bits per heavy atom. The summed E-state index contributed by atoms with van der Waals surface area (Å²) in [6, 6.07) is 14.6. The fourth-order valence-corrected chi connectivity index (χ4v) is 5.13. The Bertz CT molecular complexity index is 1100. The van der Waals surface area contributed by atoms with Crippen molar-refractivity contribution in [2.45, 2.75) is 38.3 Å². The minimum absolute atomic E-state index is 0.209. The monoisotopic (exact) mass is 512 g/mol. The molecule has 0 amide bonds. The molecule has 0 unspecified atom stereocenters. The van der Waals surface area contributed by atoms with E-state index in [0.29, 0.717) is 24.3 Å². The smallest absolute Gasteiger partial charge is 0.162 e. The summed E-state index contributed by atoms with van der Waals surface area (Å²) in [5.74, 6) is 2.30. The van der Waals surface area contributed by atoms with Crippen molar-refractivity contribution < 1.29 is 9.84 Å². The predicted octanol–water partition coefficient (Wildman–Crippen LogP) is 5.54. The number of nitrogens with zero attached hydrogens (tertiary/aromatic N) is 2. The molecule has 1 aliphatic rings. The summed E-state index contributed by atoms with van der Waals surface area (Å²) in [5, 5.41) is 18.7. The van der Waals surface area contributed by atoms with Gasteiger partial charge in [0.2, 0.25) is 0 Å². The minimum atomic E-state index is 0.209. The third-order valence-corrected chi connectivity index (χ3v) is 6.92. The molecular weight excluding hydrogens is 480 g/mol. The van der Waals surface area contributed by atoms with Crippen LogP contribution < -0.4 is 20.3 Å². The number of halogens is 1. The summed E-state index contributed by atoms with van der Waals surface area (Å²) in [4.78, 5) is 7.01. The van der Waals surface area contributed by atoms with Gasteiger partial charge in [-0.25, -0.2) is 4.98 Å². The fourth-order valence-electron chi connectivity index (χ4n) is 4.65. The highest BCUT2D eigenvalue weighted by molar-refractivity contribution is 9.10. The molecule has 0 bridgehead atoms. The Morgan fingerprint density at radius 1 is 1.12 bits per heavy atom. The second kappa shape index (κ2) is 10.6. The van der Waals surface area contributed by atoms with Crippen LogP contribution in [0.4, 0.5) is 11.5 Å². The van der Waals surface area contributed by atoms with Gasteiger partial charge in [-0.1, -0.05) is 34.1 Å². The number of methoxy groups -OCH3 is 1. The van der Waals surface area contributed by atoms with Gasteiger partial charge in [0.05, 0.1) is 12.6 Å². The molecule has 33 heavy (non-hydrogen) atoms. The first-order valence-electron chi connectivity index (χ1n) is 11.5. The summed E-state index contributed by atoms with van der Waals surface area (Å²) in [6.07, 6.45) is 4.61. The molecule has 4 rings (SSSR count). The average Bonchev–Trinajstić information content (AvgIpc) is 2.81. The fraction of sp³-hybridized carbons (Fsp3) is 0.423. The van der Waals surface area contributed by atoms with Gasteiger partial charge in [-0.05, 0) is 56.3 Å². The number of phenolic OH excluding ortho intramolecular Hbond substituents is 1. The van der Waals surface area contributed by atoms with Crippen LogP contribution in [0.25, 0.3) is 10.9 Å². The summed E-state index contributed by atoms with van der Waals surface area (Å²) in [5.41, 5.74) is 3.06. The molecule has 7 heteroatoms. The first-order chi connectivity index (χ1) is 15.9. The Labute approximate surface area is 204 Å². The topological polar surface area (TPSA) is 69.7 Å². The molecule has 6 nitrogen and oxygen atoms in total. The third-order valence-electron chi connectivity index (χ3n) is 6.46. The van der Waals surface area contributed by atoms with Gasteiger partial charge in [-0.3, -0.25) is 0 Å². The Balaban J connectivity index is 1.30. The number of fused-ring (bicyclic) bond motifs is 1. The lowest BCUT2D eigenvalue weighted by Gasteiger charge is -2.30. The Hall–Kier alpha value is -2.51. The molecule has 2 aromatic carbocycles. The van der Waals surface area contributed by atoms with Crippen LogP contribution in [0.1, 0.15) is 31.2 Å². The predicted molar refractivity (Wildman–Crippen MR) is 140 cm³/mol. The van der Waals surface area contributed by atoms with Crippen molar-refractivity contribution in [1.82, 2.24) is 10.3 Å². The number of benzene rings is 2. The van der Waals surface area contributed by atoms with Gasteiger partial charge >= 0.3 is 0 Å². The van der Waals surface area contributed by atoms with Gasteiger partial charge in [0.15, 0.2) is 11.5 Å². The van der Waals surface area contributed by atoms with Crippen molar-refractivity contribution >= 4 is 38.3 Å². The molecule has 0 radical (unpaired) electrons. The summed E-state index contributed by atoms with van der Waals surface area (Å²) >= 11 is 3.48. The molecule has 1 aliphatic carbocycles. The molecule has 0 saturated heterocycles. The zero-order valence-corrected chi connectivity index (χ0v) is 21.2. The molecule has 3 aromatic rings. The van der Waals surface area contributed by atoms with Crippen molar-refractivity contribution in [3.05, 3.63) is 52.5 Å². The normalized spacial score (nSPS) is 18.3. The minimum Gasteiger partial charge on any atom is -0.504 e. The lowest BCUT2D eigenvalue weighted by Crippen LogP contribution is -2.31. The summed E-state index contributed by atoms with van der Waals surface area (Å²) < 4.78 is 6.15. The van der Waals surface area contributed by atoms with Gasteiger partial charge in [-0.15, -0.1) is 0 Å². The second-order valence-corrected chi connectivity index (χ2v) is 9.96. The van der Waals surface area contributed by atoms with E-state index in [4.69, 9.17) is 9.72 Å². The average molecular weight is 513 g/mol. The number of phenols is 1. The van der Waals surface area contributed by atoms with Crippen LogP contribution >= 0.6 is 15.9 Å². The molecule has 1 saturated carbocycles. The van der Waals surface area contributed by atoms with E-state index in [1.54, 1.807) is 13.2 Å². The van der Waals surface area contributed by atoms with Crippen molar-refractivity contribution in [3.8, 4) is 11.5 Å². The molecule has 1 aromatic heterocycles. The maximum absolute atomic E-state index is 10.3. The van der Waals surface area contributed by atoms with Crippen molar-refractivity contribution in [1.29, 1.82) is 0 Å². The van der Waals surface area contributed by atoms with E-state index in [1.807, 2.05) is 12.1 Å². The van der Waals surface area contributed by atoms with E-state index in [1.165, 1.54) is 23.9 Å². The van der Waals surface area contributed by atoms with E-state index in [9.17, 15) is 5.11 Å². The van der Waals surface area contributed by atoms with E-state index >= 15 is 0 Å². The van der Waals surface area contributed by atoms with Crippen molar-refractivity contribution in [3.63, 3.8) is 0 Å². The summed E-state index contributed by atoms with van der Waals surface area (Å²) in [6.45, 7) is 1.56. The second-order valence-electron chi connectivity index (χ2n) is 9.05. The van der Waals surface area contributed by atoms with E-state index < -0.39 is 0 Å². The highest BCUT2D eigenvalue weighted by atomic mass is 79.9. The Kier molecular flexibility index (Phi) is 7.60. The maximum Gasteiger partial charge on any atom is 0.162 e. The Morgan fingerprint density at radius 2 is 1.88 bits per heavy atom. The molecular formula is C26H33BrN4O2. The number of nitrogens with one attached hydrogen (secondary N) is 2. The van der Waals surface area contributed by atoms with Crippen LogP contribution in [-0.4, -0.2) is 43.9 Å². The molecule has 3 N–H and O–H groups in total. The standard InChI is InChI=1S/C26H33BrN4O2/c1-31(2)23-14-25(30-22-7-5-4-6-21(22)23)29-20-10-8-17(9-11-20)15-28-16-18-12-19(27)13-24(33-3)26(18)32/h4-7,12-14,17,20,28,32H,8-11,15-16H2,1-3H3,(H,29,30). The molecule has 1 heterocycles. The van der Waals surface area contributed by atoms with Crippen LogP contribution in [0.15, 0.2) is 46.9 Å². The number of rotatable bonds is 8. The van der Waals surface area contributed by atoms with Gasteiger partial charge in [0.25, 0.3) is 0 Å². The number of aromatic hydroxyl groups is 1. The zero-order chi connectivity index (χ0) is 23.4. The largest absolute Gasteiger partial charge is 0.504 e. The van der Waals surface area contributed by atoms with Gasteiger partial charge in [0.1, 0.15) is 5.82 Å². The van der Waals surface area contributed by atoms with Gasteiger partial charge < -0.3 is 25.4 Å². The highest BCUT2D eigenvalue weighted by Crippen LogP contribution is 2.34. The maximum atomic E-state index is 10.3. The van der Waals surface area contributed by atoms with Crippen LogP contribution in [0, 0.1) is 5.92 Å². The quantitative estimate of drug-likeness (QED) is 0.368. The number of aromatic nitrogens is 1. The number of ether oxygens (including phenoxy) is 1. The highest BCUT2D eigenvalue weighted by Gasteiger charge is 2.22. The molecule has 0 atom stereocenters. The lowest BCUT2D eigenvalue weighted by atomic mass is 9.86. The molecule has 1 fully saturated rings. The molecule has 0 aliphatic heterocycles. The van der Waals surface area contributed by atoms with E-state index in [0.717, 1.165) is 40.8 Å². The van der Waals surface area contributed by atoms with Crippen LogP contribution in [0.3, 0.4) is 0 Å². The number of anilines is 2. The zero-order valence-electron chi connectivity index (χ0n) is 19.6. The summed E-state index contributed by atoms with van der Waals surface area (Å²) in [7, 11) is 5.72. The van der Waals surface area contributed by atoms with Gasteiger partial charge in [0, 0.05) is 53.9 Å². The lowest BCUT2D eigenvalue weighted by molar-refractivity contribution is 0.322. The molecule has 0 spiro atoms. The third kappa shape index (κ3) is 5.71. The van der Waals surface area contributed by atoms with Crippen molar-refractivity contribution in [2.75, 3.05) is 38.0 Å². The van der Waals surface area contributed by atoms with Crippen LogP contribution in [0.2, 0.25) is 0 Å². The first kappa shape index (κ1) is 23.6. The van der Waals surface area contributed by atoms with Crippen molar-refractivity contribution in [2.24, 2.45) is 5.92 Å². The van der Waals surface area contributed by atoms with E-state index in [-0.39, 0.29) is 5.75 Å². The SMILES string of the molecule is COc1cc(Br)cc(CNCC2CCC(Nc3cc(N(C)C)c4ccccc4n3)CC2)c1O. The van der Waals surface area contributed by atoms with Crippen LogP contribution in [0.5, 0.6) is 11.5 Å². The first-order valence-corrected chi connectivity index (χ1v) is 12.3. The van der Waals surface area contributed by atoms with E-state index in [2.05, 4.69) is 69.8 Å². The van der Waals surface area contributed by atoms with Gasteiger partial charge in [-0.2, -0.15) is 0 Å². The number of para-hydroxylation sites is 1. The number of pyridine rings is 1. The molecule has 176 valence electrons. The number of hydrogen-bond acceptors (Lipinski definition) is 6.